The van der Waals surface area contributed by atoms with Crippen molar-refractivity contribution in [2.75, 3.05) is 19.6 Å². The highest BCUT2D eigenvalue weighted by atomic mass is 32.2. The Labute approximate surface area is 118 Å². The first kappa shape index (κ1) is 15.2. The van der Waals surface area contributed by atoms with Crippen LogP contribution < -0.4 is 4.72 Å². The van der Waals surface area contributed by atoms with Crippen LogP contribution in [0.15, 0.2) is 39.9 Å². The van der Waals surface area contributed by atoms with Crippen molar-refractivity contribution >= 4 is 20.0 Å². The number of nitrogens with zero attached hydrogens (tertiary/aromatic N) is 1. The van der Waals surface area contributed by atoms with Gasteiger partial charge in [-0.3, -0.25) is 0 Å². The van der Waals surface area contributed by atoms with E-state index in [-0.39, 0.29) is 24.1 Å². The van der Waals surface area contributed by atoms with Crippen molar-refractivity contribution in [1.82, 2.24) is 9.03 Å². The fraction of sp³-hybridized carbons (Fsp3) is 0.455. The lowest BCUT2D eigenvalue weighted by atomic mass is 10.1. The molecule has 0 spiro atoms. The van der Waals surface area contributed by atoms with E-state index >= 15 is 0 Å². The first-order valence-corrected chi connectivity index (χ1v) is 8.99. The Bertz CT molecular complexity index is 664. The molecule has 1 aliphatic rings. The summed E-state index contributed by atoms with van der Waals surface area (Å²) in [6.45, 7) is 4.01. The Hall–Kier alpha value is -1.16. The Morgan fingerprint density at radius 3 is 2.80 bits per heavy atom. The van der Waals surface area contributed by atoms with E-state index in [1.54, 1.807) is 0 Å². The molecule has 2 rings (SSSR count). The van der Waals surface area contributed by atoms with Crippen LogP contribution in [0.5, 0.6) is 0 Å². The molecule has 0 radical (unpaired) electrons. The third-order valence-electron chi connectivity index (χ3n) is 3.13. The van der Waals surface area contributed by atoms with Gasteiger partial charge in [-0.1, -0.05) is 6.58 Å². The van der Waals surface area contributed by atoms with Crippen molar-refractivity contribution < 1.29 is 21.3 Å². The third kappa shape index (κ3) is 3.29. The molecule has 1 aromatic heterocycles. The van der Waals surface area contributed by atoms with Crippen molar-refractivity contribution in [2.45, 2.75) is 11.5 Å². The van der Waals surface area contributed by atoms with Crippen molar-refractivity contribution in [3.63, 3.8) is 0 Å². The zero-order valence-corrected chi connectivity index (χ0v) is 12.4. The second kappa shape index (κ2) is 5.68. The molecule has 9 heteroatoms. The molecule has 1 unspecified atom stereocenters. The summed E-state index contributed by atoms with van der Waals surface area (Å²) in [4.78, 5) is 0. The van der Waals surface area contributed by atoms with Gasteiger partial charge in [-0.2, -0.15) is 4.31 Å². The lowest BCUT2D eigenvalue weighted by molar-refractivity contribution is 0.404. The molecular formula is C11H16N2O5S2. The van der Waals surface area contributed by atoms with Crippen LogP contribution in [0.1, 0.15) is 6.42 Å². The fourth-order valence-electron chi connectivity index (χ4n) is 2.01. The zero-order valence-electron chi connectivity index (χ0n) is 10.7. The van der Waals surface area contributed by atoms with Gasteiger partial charge in [-0.05, 0) is 24.5 Å². The first-order chi connectivity index (χ1) is 9.35. The van der Waals surface area contributed by atoms with Gasteiger partial charge in [-0.15, -0.1) is 0 Å². The maximum absolute atomic E-state index is 12.2. The summed E-state index contributed by atoms with van der Waals surface area (Å²) in [5.74, 6) is -0.0607. The third-order valence-corrected chi connectivity index (χ3v) is 5.89. The van der Waals surface area contributed by atoms with Crippen LogP contribution in [0, 0.1) is 5.92 Å². The minimum absolute atomic E-state index is 0.0607. The molecule has 0 amide bonds. The summed E-state index contributed by atoms with van der Waals surface area (Å²) in [5, 5.41) is 0.740. The molecule has 0 aromatic carbocycles. The Morgan fingerprint density at radius 1 is 1.45 bits per heavy atom. The summed E-state index contributed by atoms with van der Waals surface area (Å²) in [5.41, 5.74) is 0. The van der Waals surface area contributed by atoms with Gasteiger partial charge in [0.1, 0.15) is 0 Å². The lowest BCUT2D eigenvalue weighted by Gasteiger charge is -2.14. The molecule has 7 nitrogen and oxygen atoms in total. The standard InChI is InChI=1S/C11H16N2O5S2/c1-2-19(14,15)12-8-10-5-6-13(9-10)20(16,17)11-4-3-7-18-11/h2-4,7,10,12H,1,5-6,8-9H2. The van der Waals surface area contributed by atoms with Crippen molar-refractivity contribution in [3.05, 3.63) is 30.4 Å². The molecular weight excluding hydrogens is 304 g/mol. The Kier molecular flexibility index (Phi) is 4.33. The van der Waals surface area contributed by atoms with Gasteiger partial charge < -0.3 is 4.42 Å². The minimum atomic E-state index is -3.62. The summed E-state index contributed by atoms with van der Waals surface area (Å²) in [6, 6.07) is 2.90. The maximum Gasteiger partial charge on any atom is 0.276 e. The number of sulfonamides is 2. The van der Waals surface area contributed by atoms with Gasteiger partial charge in [0.2, 0.25) is 15.1 Å². The first-order valence-electron chi connectivity index (χ1n) is 6.01. The van der Waals surface area contributed by atoms with Gasteiger partial charge in [0.25, 0.3) is 10.0 Å². The number of nitrogens with one attached hydrogen (secondary N) is 1. The molecule has 0 saturated carbocycles. The Balaban J connectivity index is 1.98. The molecule has 112 valence electrons. The zero-order chi connectivity index (χ0) is 14.8. The monoisotopic (exact) mass is 320 g/mol. The van der Waals surface area contributed by atoms with Crippen molar-refractivity contribution in [2.24, 2.45) is 5.92 Å². The van der Waals surface area contributed by atoms with Crippen LogP contribution in [0.4, 0.5) is 0 Å². The molecule has 20 heavy (non-hydrogen) atoms. The SMILES string of the molecule is C=CS(=O)(=O)NCC1CCN(S(=O)(=O)c2ccco2)C1. The molecule has 1 aromatic rings. The van der Waals surface area contributed by atoms with E-state index in [4.69, 9.17) is 4.42 Å². The molecule has 1 N–H and O–H groups in total. The predicted molar refractivity (Wildman–Crippen MR) is 72.7 cm³/mol. The molecule has 0 aliphatic carbocycles. The second-order valence-electron chi connectivity index (χ2n) is 4.51. The molecule has 0 bridgehead atoms. The predicted octanol–water partition coefficient (Wildman–Crippen LogP) is 0.353. The topological polar surface area (TPSA) is 96.7 Å². The van der Waals surface area contributed by atoms with E-state index in [1.165, 1.54) is 22.7 Å². The van der Waals surface area contributed by atoms with Crippen molar-refractivity contribution in [3.8, 4) is 0 Å². The number of rotatable bonds is 6. The minimum Gasteiger partial charge on any atom is -0.452 e. The summed E-state index contributed by atoms with van der Waals surface area (Å²) in [6.07, 6.45) is 1.90. The number of hydrogen-bond acceptors (Lipinski definition) is 5. The van der Waals surface area contributed by atoms with Gasteiger partial charge in [0.05, 0.1) is 6.26 Å². The number of hydrogen-bond donors (Lipinski definition) is 1. The quantitative estimate of drug-likeness (QED) is 0.816. The van der Waals surface area contributed by atoms with Crippen LogP contribution in [0.25, 0.3) is 0 Å². The van der Waals surface area contributed by atoms with E-state index in [0.29, 0.717) is 13.0 Å². The van der Waals surface area contributed by atoms with Crippen LogP contribution in [-0.2, 0) is 20.0 Å². The average Bonchev–Trinajstić information content (AvgIpc) is 3.08. The molecule has 1 fully saturated rings. The van der Waals surface area contributed by atoms with E-state index < -0.39 is 20.0 Å². The van der Waals surface area contributed by atoms with Crippen LogP contribution in [0.3, 0.4) is 0 Å². The highest BCUT2D eigenvalue weighted by Crippen LogP contribution is 2.24. The van der Waals surface area contributed by atoms with E-state index in [1.807, 2.05) is 0 Å². The average molecular weight is 320 g/mol. The van der Waals surface area contributed by atoms with Crippen LogP contribution >= 0.6 is 0 Å². The smallest absolute Gasteiger partial charge is 0.276 e. The van der Waals surface area contributed by atoms with Crippen LogP contribution in [0.2, 0.25) is 0 Å². The van der Waals surface area contributed by atoms with Gasteiger partial charge in [0.15, 0.2) is 0 Å². The molecule has 1 atom stereocenters. The maximum atomic E-state index is 12.2. The van der Waals surface area contributed by atoms with Gasteiger partial charge in [0, 0.05) is 25.0 Å². The van der Waals surface area contributed by atoms with E-state index in [2.05, 4.69) is 11.3 Å². The largest absolute Gasteiger partial charge is 0.452 e. The second-order valence-corrected chi connectivity index (χ2v) is 8.09. The number of furan rings is 1. The Morgan fingerprint density at radius 2 is 2.20 bits per heavy atom. The molecule has 1 saturated heterocycles. The summed E-state index contributed by atoms with van der Waals surface area (Å²) < 4.78 is 55.4. The van der Waals surface area contributed by atoms with Gasteiger partial charge in [-0.25, -0.2) is 21.6 Å². The summed E-state index contributed by atoms with van der Waals surface area (Å²) >= 11 is 0. The summed E-state index contributed by atoms with van der Waals surface area (Å²) in [7, 11) is -7.09. The fourth-order valence-corrected chi connectivity index (χ4v) is 4.03. The molecule has 2 heterocycles. The van der Waals surface area contributed by atoms with E-state index in [9.17, 15) is 16.8 Å². The van der Waals surface area contributed by atoms with Crippen LogP contribution in [-0.4, -0.2) is 40.8 Å². The van der Waals surface area contributed by atoms with E-state index in [0.717, 1.165) is 5.41 Å². The lowest BCUT2D eigenvalue weighted by Crippen LogP contribution is -2.32. The molecule has 1 aliphatic heterocycles. The highest BCUT2D eigenvalue weighted by Gasteiger charge is 2.34. The van der Waals surface area contributed by atoms with Gasteiger partial charge >= 0.3 is 0 Å². The van der Waals surface area contributed by atoms with Crippen molar-refractivity contribution in [1.29, 1.82) is 0 Å². The highest BCUT2D eigenvalue weighted by molar-refractivity contribution is 7.92. The normalized spacial score (nSPS) is 21.1.